The van der Waals surface area contributed by atoms with Crippen LogP contribution < -0.4 is 0 Å². The summed E-state index contributed by atoms with van der Waals surface area (Å²) in [4.78, 5) is 10.8. The van der Waals surface area contributed by atoms with Crippen molar-refractivity contribution in [1.29, 1.82) is 0 Å². The zero-order valence-corrected chi connectivity index (χ0v) is 40.5. The molecular formula is C64H46N2S2. The van der Waals surface area contributed by atoms with Crippen LogP contribution in [0.4, 0.5) is 0 Å². The summed E-state index contributed by atoms with van der Waals surface area (Å²) in [6.45, 7) is 13.4. The predicted octanol–water partition coefficient (Wildman–Crippen LogP) is 18.9. The molecule has 13 rings (SSSR count). The van der Waals surface area contributed by atoms with Gasteiger partial charge in [0.25, 0.3) is 0 Å². The highest BCUT2D eigenvalue weighted by Crippen LogP contribution is 2.49. The summed E-state index contributed by atoms with van der Waals surface area (Å²) in [5.41, 5.74) is 21.6. The number of aryl methyl sites for hydroxylation is 6. The van der Waals surface area contributed by atoms with Gasteiger partial charge in [-0.2, -0.15) is 0 Å². The molecule has 0 N–H and O–H groups in total. The molecule has 0 atom stereocenters. The Balaban J connectivity index is 1.08. The molecule has 3 aromatic heterocycles. The molecule has 13 aromatic rings. The smallest absolute Gasteiger partial charge is 0.0979 e. The molecule has 0 aliphatic carbocycles. The Morgan fingerprint density at radius 2 is 0.676 bits per heavy atom. The van der Waals surface area contributed by atoms with E-state index in [4.69, 9.17) is 9.97 Å². The highest BCUT2D eigenvalue weighted by molar-refractivity contribution is 7.27. The van der Waals surface area contributed by atoms with Gasteiger partial charge in [-0.1, -0.05) is 157 Å². The van der Waals surface area contributed by atoms with E-state index in [0.717, 1.165) is 44.2 Å². The van der Waals surface area contributed by atoms with Crippen LogP contribution in [0.15, 0.2) is 170 Å². The first-order chi connectivity index (χ1) is 33.2. The third-order valence-electron chi connectivity index (χ3n) is 14.2. The fourth-order valence-electron chi connectivity index (χ4n) is 11.5. The third-order valence-corrected chi connectivity index (χ3v) is 16.8. The van der Waals surface area contributed by atoms with Crippen LogP contribution in [0.25, 0.3) is 129 Å². The Morgan fingerprint density at radius 3 is 1.12 bits per heavy atom. The summed E-state index contributed by atoms with van der Waals surface area (Å²) in [7, 11) is 0. The lowest BCUT2D eigenvalue weighted by atomic mass is 9.92. The molecule has 2 nitrogen and oxygen atoms in total. The molecule has 68 heavy (non-hydrogen) atoms. The first kappa shape index (κ1) is 40.7. The molecule has 0 saturated carbocycles. The van der Waals surface area contributed by atoms with Crippen LogP contribution in [0.5, 0.6) is 0 Å². The maximum Gasteiger partial charge on any atom is 0.0979 e. The summed E-state index contributed by atoms with van der Waals surface area (Å²) < 4.78 is 5.23. The molecular weight excluding hydrogens is 861 g/mol. The van der Waals surface area contributed by atoms with E-state index in [2.05, 4.69) is 205 Å². The Labute approximate surface area is 403 Å². The van der Waals surface area contributed by atoms with Crippen molar-refractivity contribution in [3.8, 4) is 55.8 Å². The fourth-order valence-corrected chi connectivity index (χ4v) is 14.3. The quantitative estimate of drug-likeness (QED) is 0.161. The predicted molar refractivity (Wildman–Crippen MR) is 296 cm³/mol. The molecule has 0 unspecified atom stereocenters. The fraction of sp³-hybridized carbons (Fsp3) is 0.0938. The van der Waals surface area contributed by atoms with Crippen molar-refractivity contribution >= 4 is 95.6 Å². The summed E-state index contributed by atoms with van der Waals surface area (Å²) in [6, 6.07) is 61.0. The molecule has 0 spiro atoms. The standard InChI is InChI=1S/C64H46N2S2/c1-35-27-37(3)57(38(4)28-35)54-25-13-23-52-50-21-11-19-44(61(50)67-63(52)54)41-31-42(33-43(32-41)56-34-65-59-48-17-9-7-15-46(48)47-16-8-10-18-49(47)60(59)66-56)45-20-12-22-51-53-24-14-26-55(64(53)68-62(45)51)58-39(5)29-36(2)30-40(58)6/h7-34H,1-6H3. The van der Waals surface area contributed by atoms with E-state index >= 15 is 0 Å². The minimum absolute atomic E-state index is 0.855. The van der Waals surface area contributed by atoms with Crippen molar-refractivity contribution in [3.63, 3.8) is 0 Å². The minimum atomic E-state index is 0.855. The van der Waals surface area contributed by atoms with Gasteiger partial charge in [0.05, 0.1) is 22.9 Å². The zero-order valence-electron chi connectivity index (χ0n) is 38.9. The highest BCUT2D eigenvalue weighted by atomic mass is 32.1. The lowest BCUT2D eigenvalue weighted by molar-refractivity contribution is 1.31. The lowest BCUT2D eigenvalue weighted by Gasteiger charge is -2.14. The van der Waals surface area contributed by atoms with Crippen LogP contribution in [0.3, 0.4) is 0 Å². The maximum atomic E-state index is 5.57. The number of thiophene rings is 2. The van der Waals surface area contributed by atoms with E-state index in [1.54, 1.807) is 0 Å². The molecule has 3 heterocycles. The molecule has 0 amide bonds. The Hall–Kier alpha value is -7.50. The van der Waals surface area contributed by atoms with Gasteiger partial charge in [0.15, 0.2) is 0 Å². The van der Waals surface area contributed by atoms with E-state index < -0.39 is 0 Å². The monoisotopic (exact) mass is 906 g/mol. The van der Waals surface area contributed by atoms with Gasteiger partial charge in [0, 0.05) is 67.8 Å². The summed E-state index contributed by atoms with van der Waals surface area (Å²) >= 11 is 3.83. The van der Waals surface area contributed by atoms with Crippen LogP contribution in [0.1, 0.15) is 33.4 Å². The molecule has 0 radical (unpaired) electrons. The normalized spacial score (nSPS) is 12.0. The van der Waals surface area contributed by atoms with Crippen LogP contribution in [-0.2, 0) is 0 Å². The van der Waals surface area contributed by atoms with Gasteiger partial charge < -0.3 is 0 Å². The van der Waals surface area contributed by atoms with E-state index in [-0.39, 0.29) is 0 Å². The Morgan fingerprint density at radius 1 is 0.324 bits per heavy atom. The zero-order chi connectivity index (χ0) is 45.9. The van der Waals surface area contributed by atoms with Crippen molar-refractivity contribution in [1.82, 2.24) is 9.97 Å². The second-order valence-electron chi connectivity index (χ2n) is 18.8. The number of rotatable bonds is 5. The minimum Gasteiger partial charge on any atom is -0.252 e. The summed E-state index contributed by atoms with van der Waals surface area (Å²) in [6.07, 6.45) is 1.99. The van der Waals surface area contributed by atoms with E-state index in [9.17, 15) is 0 Å². The molecule has 4 heteroatoms. The van der Waals surface area contributed by atoms with E-state index in [0.29, 0.717) is 0 Å². The van der Waals surface area contributed by atoms with Gasteiger partial charge in [-0.15, -0.1) is 22.7 Å². The molecule has 0 aliphatic heterocycles. The maximum absolute atomic E-state index is 5.57. The second kappa shape index (κ2) is 15.5. The van der Waals surface area contributed by atoms with Gasteiger partial charge in [0.2, 0.25) is 0 Å². The first-order valence-corrected chi connectivity index (χ1v) is 25.1. The molecule has 0 bridgehead atoms. The average Bonchev–Trinajstić information content (AvgIpc) is 3.93. The largest absolute Gasteiger partial charge is 0.252 e. The number of benzene rings is 10. The molecule has 10 aromatic carbocycles. The Kier molecular flexibility index (Phi) is 9.31. The van der Waals surface area contributed by atoms with Crippen molar-refractivity contribution in [3.05, 3.63) is 203 Å². The SMILES string of the molecule is Cc1cc(C)c(-c2cccc3c2sc2c(-c4cc(-c5cnc6c7ccccc7c7ccccc7c6n5)cc(-c5cccc6c5sc5c(-c7c(C)cc(C)cc7C)cccc56)c4)cccc23)c(C)c1. The van der Waals surface area contributed by atoms with Gasteiger partial charge in [0.1, 0.15) is 0 Å². The molecule has 324 valence electrons. The van der Waals surface area contributed by atoms with E-state index in [1.165, 1.54) is 118 Å². The number of hydrogen-bond donors (Lipinski definition) is 0. The summed E-state index contributed by atoms with van der Waals surface area (Å²) in [5, 5.41) is 9.77. The Bertz CT molecular complexity index is 4010. The lowest BCUT2D eigenvalue weighted by Crippen LogP contribution is -1.93. The number of fused-ring (bicyclic) bond motifs is 12. The van der Waals surface area contributed by atoms with Crippen molar-refractivity contribution < 1.29 is 0 Å². The summed E-state index contributed by atoms with van der Waals surface area (Å²) in [5.74, 6) is 0. The van der Waals surface area contributed by atoms with Crippen LogP contribution in [0.2, 0.25) is 0 Å². The van der Waals surface area contributed by atoms with Crippen LogP contribution in [-0.4, -0.2) is 9.97 Å². The number of hydrogen-bond acceptors (Lipinski definition) is 4. The average molecular weight is 907 g/mol. The van der Waals surface area contributed by atoms with Crippen molar-refractivity contribution in [2.75, 3.05) is 0 Å². The van der Waals surface area contributed by atoms with Gasteiger partial charge >= 0.3 is 0 Å². The van der Waals surface area contributed by atoms with Gasteiger partial charge in [-0.05, 0) is 126 Å². The van der Waals surface area contributed by atoms with Crippen molar-refractivity contribution in [2.45, 2.75) is 41.5 Å². The highest BCUT2D eigenvalue weighted by Gasteiger charge is 2.21. The van der Waals surface area contributed by atoms with Gasteiger partial charge in [-0.3, -0.25) is 4.98 Å². The van der Waals surface area contributed by atoms with Crippen LogP contribution in [0, 0.1) is 41.5 Å². The number of aromatic nitrogens is 2. The van der Waals surface area contributed by atoms with Crippen LogP contribution >= 0.6 is 22.7 Å². The van der Waals surface area contributed by atoms with E-state index in [1.807, 2.05) is 28.9 Å². The molecule has 0 saturated heterocycles. The molecule has 0 aliphatic rings. The first-order valence-electron chi connectivity index (χ1n) is 23.5. The number of nitrogens with zero attached hydrogens (tertiary/aromatic N) is 2. The topological polar surface area (TPSA) is 25.8 Å². The second-order valence-corrected chi connectivity index (χ2v) is 20.9. The van der Waals surface area contributed by atoms with Crippen molar-refractivity contribution in [2.24, 2.45) is 0 Å². The third kappa shape index (κ3) is 6.28. The van der Waals surface area contributed by atoms with Gasteiger partial charge in [-0.25, -0.2) is 4.98 Å². The molecule has 0 fully saturated rings.